The molecule has 14 heteroatoms. The Morgan fingerprint density at radius 3 is 1.38 bits per heavy atom. The van der Waals surface area contributed by atoms with Crippen molar-refractivity contribution in [1.82, 2.24) is 31.1 Å². The van der Waals surface area contributed by atoms with Crippen LogP contribution in [0, 0.1) is 5.92 Å². The number of carbonyl (C=O) groups excluding carboxylic acids is 4. The first kappa shape index (κ1) is 50.3. The zero-order valence-corrected chi connectivity index (χ0v) is 37.7. The highest BCUT2D eigenvalue weighted by atomic mass is 16.3. The van der Waals surface area contributed by atoms with Crippen LogP contribution in [0.4, 0.5) is 0 Å². The lowest BCUT2D eigenvalue weighted by atomic mass is 9.98. The summed E-state index contributed by atoms with van der Waals surface area (Å²) in [5, 5.41) is 12.0. The molecular formula is C49H72N6O8. The number of allylic oxidation sites excluding steroid dienone is 2. The molecule has 4 N–H and O–H groups in total. The van der Waals surface area contributed by atoms with Crippen molar-refractivity contribution in [2.45, 2.75) is 117 Å². The molecule has 63 heavy (non-hydrogen) atoms. The fourth-order valence-corrected chi connectivity index (χ4v) is 7.34. The minimum Gasteiger partial charge on any atom is -0.469 e. The van der Waals surface area contributed by atoms with Gasteiger partial charge in [-0.2, -0.15) is 0 Å². The lowest BCUT2D eigenvalue weighted by Gasteiger charge is -2.23. The second-order valence-corrected chi connectivity index (χ2v) is 16.4. The summed E-state index contributed by atoms with van der Waals surface area (Å²) in [6.07, 6.45) is 19.4. The van der Waals surface area contributed by atoms with Crippen molar-refractivity contribution >= 4 is 23.6 Å². The minimum atomic E-state index is 0.000559. The fraction of sp³-hybridized carbons (Fsp3) is 0.551. The molecule has 0 spiro atoms. The van der Waals surface area contributed by atoms with Gasteiger partial charge in [-0.05, 0) is 139 Å². The fourth-order valence-electron chi connectivity index (χ4n) is 7.34. The zero-order chi connectivity index (χ0) is 44.7. The molecular weight excluding hydrogens is 801 g/mol. The van der Waals surface area contributed by atoms with Crippen LogP contribution in [0.3, 0.4) is 0 Å². The van der Waals surface area contributed by atoms with Gasteiger partial charge in [-0.3, -0.25) is 19.2 Å². The molecule has 0 saturated heterocycles. The molecule has 4 amide bonds. The van der Waals surface area contributed by atoms with Gasteiger partial charge in [0.2, 0.25) is 23.6 Å². The van der Waals surface area contributed by atoms with E-state index in [-0.39, 0.29) is 23.6 Å². The molecule has 0 radical (unpaired) electrons. The summed E-state index contributed by atoms with van der Waals surface area (Å²) in [6.45, 7) is 11.2. The van der Waals surface area contributed by atoms with Gasteiger partial charge in [-0.15, -0.1) is 0 Å². The van der Waals surface area contributed by atoms with Crippen molar-refractivity contribution in [2.75, 3.05) is 52.4 Å². The predicted molar refractivity (Wildman–Crippen MR) is 243 cm³/mol. The molecule has 0 saturated carbocycles. The second-order valence-electron chi connectivity index (χ2n) is 16.4. The van der Waals surface area contributed by atoms with Crippen molar-refractivity contribution < 1.29 is 36.8 Å². The third-order valence-corrected chi connectivity index (χ3v) is 11.1. The monoisotopic (exact) mass is 873 g/mol. The lowest BCUT2D eigenvalue weighted by molar-refractivity contribution is -0.122. The molecule has 1 atom stereocenters. The maximum atomic E-state index is 12.5. The SMILES string of the molecule is C/C(=C/CCC(C)CCCN(CCCC(=O)NCc1ccco1)CCNC(=O)CCc1ccco1)CCCN(CCCC(=O)NCc1ccco1)CCNC(=O)CCc1ccco1. The van der Waals surface area contributed by atoms with E-state index >= 15 is 0 Å². The van der Waals surface area contributed by atoms with Crippen molar-refractivity contribution in [2.24, 2.45) is 5.92 Å². The Balaban J connectivity index is 1.13. The highest BCUT2D eigenvalue weighted by Crippen LogP contribution is 2.16. The van der Waals surface area contributed by atoms with E-state index < -0.39 is 0 Å². The van der Waals surface area contributed by atoms with Crippen LogP contribution in [0.1, 0.15) is 114 Å². The number of hydrogen-bond donors (Lipinski definition) is 4. The molecule has 0 aliphatic rings. The van der Waals surface area contributed by atoms with E-state index in [1.165, 1.54) is 5.57 Å². The maximum absolute atomic E-state index is 12.5. The maximum Gasteiger partial charge on any atom is 0.220 e. The number of amides is 4. The number of carbonyl (C=O) groups is 4. The summed E-state index contributed by atoms with van der Waals surface area (Å²) in [5.74, 6) is 3.67. The van der Waals surface area contributed by atoms with Crippen LogP contribution in [0.25, 0.3) is 0 Å². The molecule has 0 aromatic carbocycles. The van der Waals surface area contributed by atoms with E-state index in [2.05, 4.69) is 51.0 Å². The molecule has 0 bridgehead atoms. The van der Waals surface area contributed by atoms with E-state index in [4.69, 9.17) is 17.7 Å². The topological polar surface area (TPSA) is 175 Å². The largest absolute Gasteiger partial charge is 0.469 e. The summed E-state index contributed by atoms with van der Waals surface area (Å²) in [7, 11) is 0. The smallest absolute Gasteiger partial charge is 0.220 e. The molecule has 346 valence electrons. The standard InChI is InChI=1S/C49H72N6O8/c1-40(14-4-28-54(30-6-20-46(56)52-38-44-18-10-36-62-44)32-26-50-48(58)24-22-42-16-8-34-60-42)12-3-13-41(2)15-5-29-55(31-7-21-47(57)53-39-45-19-11-37-63-45)33-27-51-49(59)25-23-43-17-9-35-61-43/h8-12,16-19,34-37,41H,3-7,13-15,20-33,38-39H2,1-2H3,(H,50,58)(H,51,59)(H,52,56)(H,53,57)/b40-12-. The van der Waals surface area contributed by atoms with Crippen LogP contribution in [0.2, 0.25) is 0 Å². The van der Waals surface area contributed by atoms with Gasteiger partial charge in [0.1, 0.15) is 23.0 Å². The quantitative estimate of drug-likeness (QED) is 0.0338. The van der Waals surface area contributed by atoms with E-state index in [9.17, 15) is 19.2 Å². The molecule has 4 rings (SSSR count). The molecule has 0 aliphatic carbocycles. The Hall–Kier alpha value is -5.34. The van der Waals surface area contributed by atoms with Gasteiger partial charge in [0.05, 0.1) is 38.1 Å². The normalized spacial score (nSPS) is 12.2. The van der Waals surface area contributed by atoms with Crippen molar-refractivity contribution in [3.8, 4) is 0 Å². The van der Waals surface area contributed by atoms with Crippen molar-refractivity contribution in [3.63, 3.8) is 0 Å². The first-order valence-electron chi connectivity index (χ1n) is 23.0. The molecule has 1 unspecified atom stereocenters. The van der Waals surface area contributed by atoms with Gasteiger partial charge < -0.3 is 48.7 Å². The predicted octanol–water partition coefficient (Wildman–Crippen LogP) is 7.58. The average molecular weight is 873 g/mol. The highest BCUT2D eigenvalue weighted by Gasteiger charge is 2.13. The van der Waals surface area contributed by atoms with E-state index in [0.29, 0.717) is 70.6 Å². The van der Waals surface area contributed by atoms with Gasteiger partial charge >= 0.3 is 0 Å². The summed E-state index contributed by atoms with van der Waals surface area (Å²) in [4.78, 5) is 54.6. The Labute approximate surface area is 373 Å². The van der Waals surface area contributed by atoms with Gasteiger partial charge in [0.15, 0.2) is 0 Å². The van der Waals surface area contributed by atoms with Crippen LogP contribution in [0.15, 0.2) is 103 Å². The van der Waals surface area contributed by atoms with Crippen molar-refractivity contribution in [1.29, 1.82) is 0 Å². The van der Waals surface area contributed by atoms with Crippen LogP contribution >= 0.6 is 0 Å². The van der Waals surface area contributed by atoms with Gasteiger partial charge in [-0.25, -0.2) is 0 Å². The zero-order valence-electron chi connectivity index (χ0n) is 37.7. The summed E-state index contributed by atoms with van der Waals surface area (Å²) < 4.78 is 21.3. The Morgan fingerprint density at radius 1 is 0.524 bits per heavy atom. The molecule has 4 aromatic heterocycles. The van der Waals surface area contributed by atoms with Crippen LogP contribution in [0.5, 0.6) is 0 Å². The van der Waals surface area contributed by atoms with Crippen LogP contribution < -0.4 is 21.3 Å². The van der Waals surface area contributed by atoms with Crippen LogP contribution in [-0.2, 0) is 45.1 Å². The number of furan rings is 4. The molecule has 14 nitrogen and oxygen atoms in total. The molecule has 0 fully saturated rings. The number of hydrogen-bond acceptors (Lipinski definition) is 10. The van der Waals surface area contributed by atoms with Gasteiger partial charge in [0.25, 0.3) is 0 Å². The molecule has 4 aromatic rings. The van der Waals surface area contributed by atoms with Crippen LogP contribution in [-0.4, -0.2) is 85.8 Å². The number of nitrogens with zero attached hydrogens (tertiary/aromatic N) is 2. The Kier molecular flexibility index (Phi) is 24.5. The Bertz CT molecular complexity index is 1710. The second kappa shape index (κ2) is 30.7. The third-order valence-electron chi connectivity index (χ3n) is 11.1. The van der Waals surface area contributed by atoms with E-state index in [1.54, 1.807) is 25.1 Å². The third kappa shape index (κ3) is 23.6. The Morgan fingerprint density at radius 2 is 0.937 bits per heavy atom. The summed E-state index contributed by atoms with van der Waals surface area (Å²) in [5.41, 5.74) is 1.39. The minimum absolute atomic E-state index is 0.000559. The van der Waals surface area contributed by atoms with E-state index in [1.807, 2.05) is 48.5 Å². The average Bonchev–Trinajstić information content (AvgIpc) is 4.13. The lowest BCUT2D eigenvalue weighted by Crippen LogP contribution is -2.36. The van der Waals surface area contributed by atoms with Gasteiger partial charge in [0, 0.05) is 64.7 Å². The molecule has 0 aliphatic heterocycles. The first-order valence-corrected chi connectivity index (χ1v) is 23.0. The van der Waals surface area contributed by atoms with Gasteiger partial charge in [-0.1, -0.05) is 18.6 Å². The van der Waals surface area contributed by atoms with Crippen molar-refractivity contribution in [3.05, 3.63) is 108 Å². The molecule has 4 heterocycles. The number of aryl methyl sites for hydroxylation is 2. The first-order chi connectivity index (χ1) is 30.7. The number of nitrogens with one attached hydrogen (secondary N) is 4. The highest BCUT2D eigenvalue weighted by molar-refractivity contribution is 5.77. The summed E-state index contributed by atoms with van der Waals surface area (Å²) in [6, 6.07) is 14.7. The summed E-state index contributed by atoms with van der Waals surface area (Å²) >= 11 is 0. The van der Waals surface area contributed by atoms with E-state index in [0.717, 1.165) is 114 Å². The number of rotatable bonds is 35.